The average molecular weight is 149 g/mol. The second kappa shape index (κ2) is 13.2. The maximum atomic E-state index is 2.26. The standard InChI is InChI=1S/C10H21.Li.H/c1-3-5-7-9-10-8-6-4-2;;/h3H,4-10H2,1-2H3;;. The second-order valence-corrected chi connectivity index (χ2v) is 2.96. The molecule has 1 heteroatoms. The molecule has 0 nitrogen and oxygen atoms in total. The minimum atomic E-state index is 0. The van der Waals surface area contributed by atoms with Gasteiger partial charge in [0, 0.05) is 0 Å². The van der Waals surface area contributed by atoms with Crippen LogP contribution in [-0.4, -0.2) is 18.9 Å². The normalized spacial score (nSPS) is 9.27. The zero-order valence-corrected chi connectivity index (χ0v) is 7.53. The molecule has 0 atom stereocenters. The summed E-state index contributed by atoms with van der Waals surface area (Å²) in [6.45, 7) is 4.41. The van der Waals surface area contributed by atoms with E-state index >= 15 is 0 Å². The second-order valence-electron chi connectivity index (χ2n) is 2.96. The topological polar surface area (TPSA) is 0 Å². The molecule has 0 heterocycles. The molecule has 0 aliphatic rings. The Labute approximate surface area is 84.3 Å². The van der Waals surface area contributed by atoms with Crippen LogP contribution in [0.1, 0.15) is 58.8 Å². The van der Waals surface area contributed by atoms with E-state index in [1.807, 2.05) is 0 Å². The number of unbranched alkanes of at least 4 members (excludes halogenated alkanes) is 7. The van der Waals surface area contributed by atoms with Gasteiger partial charge in [-0.3, -0.25) is 0 Å². The van der Waals surface area contributed by atoms with Crippen molar-refractivity contribution in [2.75, 3.05) is 0 Å². The van der Waals surface area contributed by atoms with Crippen molar-refractivity contribution in [2.45, 2.75) is 58.8 Å². The molecule has 0 saturated heterocycles. The van der Waals surface area contributed by atoms with E-state index in [1.165, 1.54) is 44.9 Å². The first-order chi connectivity index (χ1) is 4.91. The van der Waals surface area contributed by atoms with E-state index in [0.29, 0.717) is 0 Å². The van der Waals surface area contributed by atoms with Gasteiger partial charge in [0.15, 0.2) is 0 Å². The van der Waals surface area contributed by atoms with E-state index in [1.54, 1.807) is 0 Å². The summed E-state index contributed by atoms with van der Waals surface area (Å²) in [5, 5.41) is 0. The molecule has 0 aromatic carbocycles. The van der Waals surface area contributed by atoms with E-state index in [9.17, 15) is 0 Å². The summed E-state index contributed by atoms with van der Waals surface area (Å²) in [5.41, 5.74) is 0. The number of rotatable bonds is 7. The number of hydrogen-bond donors (Lipinski definition) is 0. The third-order valence-electron chi connectivity index (χ3n) is 1.85. The molecule has 0 unspecified atom stereocenters. The molecule has 0 amide bonds. The van der Waals surface area contributed by atoms with Crippen LogP contribution in [0.2, 0.25) is 0 Å². The van der Waals surface area contributed by atoms with Gasteiger partial charge in [-0.2, -0.15) is 0 Å². The third kappa shape index (κ3) is 13.6. The summed E-state index contributed by atoms with van der Waals surface area (Å²) < 4.78 is 0. The molecule has 0 N–H and O–H groups in total. The molecular formula is C10H22Li. The molecule has 0 aromatic rings. The van der Waals surface area contributed by atoms with Crippen LogP contribution in [0.5, 0.6) is 0 Å². The Morgan fingerprint density at radius 2 is 1.45 bits per heavy atom. The molecule has 63 valence electrons. The molecule has 0 aliphatic carbocycles. The molecule has 1 radical (unpaired) electrons. The quantitative estimate of drug-likeness (QED) is 0.385. The fraction of sp³-hybridized carbons (Fsp3) is 0.900. The van der Waals surface area contributed by atoms with Crippen LogP contribution in [0, 0.1) is 6.42 Å². The molecule has 0 spiro atoms. The molecule has 11 heavy (non-hydrogen) atoms. The van der Waals surface area contributed by atoms with Gasteiger partial charge in [-0.15, -0.1) is 0 Å². The van der Waals surface area contributed by atoms with Gasteiger partial charge in [0.25, 0.3) is 0 Å². The summed E-state index contributed by atoms with van der Waals surface area (Å²) in [4.78, 5) is 0. The van der Waals surface area contributed by atoms with Crippen molar-refractivity contribution in [3.8, 4) is 0 Å². The average Bonchev–Trinajstić information content (AvgIpc) is 1.97. The van der Waals surface area contributed by atoms with Gasteiger partial charge in [0.2, 0.25) is 0 Å². The Hall–Kier alpha value is 0.597. The summed E-state index contributed by atoms with van der Waals surface area (Å²) in [5.74, 6) is 0. The van der Waals surface area contributed by atoms with Crippen LogP contribution in [0.4, 0.5) is 0 Å². The fourth-order valence-corrected chi connectivity index (χ4v) is 1.13. The Morgan fingerprint density at radius 3 is 2.00 bits per heavy atom. The molecule has 0 aliphatic heterocycles. The van der Waals surface area contributed by atoms with Gasteiger partial charge >= 0.3 is 18.9 Å². The van der Waals surface area contributed by atoms with Crippen molar-refractivity contribution < 1.29 is 0 Å². The minimum absolute atomic E-state index is 0. The van der Waals surface area contributed by atoms with Crippen LogP contribution in [0.25, 0.3) is 0 Å². The zero-order chi connectivity index (χ0) is 7.66. The van der Waals surface area contributed by atoms with Gasteiger partial charge in [0.05, 0.1) is 0 Å². The first-order valence-electron chi connectivity index (χ1n) is 4.69. The SMILES string of the molecule is C[CH]CCCCCCCC.[LiH]. The van der Waals surface area contributed by atoms with Crippen LogP contribution < -0.4 is 0 Å². The maximum absolute atomic E-state index is 2.26. The zero-order valence-electron chi connectivity index (χ0n) is 7.53. The summed E-state index contributed by atoms with van der Waals surface area (Å²) in [6.07, 6.45) is 12.1. The first kappa shape index (κ1) is 14.1. The van der Waals surface area contributed by atoms with E-state index in [4.69, 9.17) is 0 Å². The summed E-state index contributed by atoms with van der Waals surface area (Å²) in [6, 6.07) is 0. The molecule has 0 saturated carbocycles. The Balaban J connectivity index is 0. The molecule has 0 fully saturated rings. The van der Waals surface area contributed by atoms with Crippen molar-refractivity contribution in [2.24, 2.45) is 0 Å². The number of hydrogen-bond acceptors (Lipinski definition) is 0. The summed E-state index contributed by atoms with van der Waals surface area (Å²) >= 11 is 0. The summed E-state index contributed by atoms with van der Waals surface area (Å²) in [7, 11) is 0. The third-order valence-corrected chi connectivity index (χ3v) is 1.85. The molecule has 0 bridgehead atoms. The molecule has 0 rings (SSSR count). The predicted octanol–water partition coefficient (Wildman–Crippen LogP) is 3.31. The Kier molecular flexibility index (Phi) is 17.0. The van der Waals surface area contributed by atoms with Crippen molar-refractivity contribution in [3.05, 3.63) is 6.42 Å². The van der Waals surface area contributed by atoms with Gasteiger partial charge in [-0.25, -0.2) is 0 Å². The van der Waals surface area contributed by atoms with E-state index < -0.39 is 0 Å². The van der Waals surface area contributed by atoms with Crippen LogP contribution in [0.15, 0.2) is 0 Å². The van der Waals surface area contributed by atoms with Crippen molar-refractivity contribution in [3.63, 3.8) is 0 Å². The van der Waals surface area contributed by atoms with Crippen LogP contribution in [0.3, 0.4) is 0 Å². The van der Waals surface area contributed by atoms with Gasteiger partial charge in [-0.05, 0) is 6.42 Å². The van der Waals surface area contributed by atoms with E-state index in [-0.39, 0.29) is 18.9 Å². The van der Waals surface area contributed by atoms with Gasteiger partial charge < -0.3 is 0 Å². The molecule has 0 aromatic heterocycles. The Bertz CT molecular complexity index is 44.8. The fourth-order valence-electron chi connectivity index (χ4n) is 1.13. The van der Waals surface area contributed by atoms with Gasteiger partial charge in [-0.1, -0.05) is 58.8 Å². The van der Waals surface area contributed by atoms with Crippen molar-refractivity contribution >= 4 is 18.9 Å². The van der Waals surface area contributed by atoms with Crippen molar-refractivity contribution in [1.29, 1.82) is 0 Å². The van der Waals surface area contributed by atoms with Crippen molar-refractivity contribution in [1.82, 2.24) is 0 Å². The van der Waals surface area contributed by atoms with E-state index in [2.05, 4.69) is 20.3 Å². The van der Waals surface area contributed by atoms with Crippen LogP contribution in [-0.2, 0) is 0 Å². The monoisotopic (exact) mass is 149 g/mol. The van der Waals surface area contributed by atoms with E-state index in [0.717, 1.165) is 0 Å². The Morgan fingerprint density at radius 1 is 0.909 bits per heavy atom. The van der Waals surface area contributed by atoms with Gasteiger partial charge in [0.1, 0.15) is 0 Å². The van der Waals surface area contributed by atoms with Crippen LogP contribution >= 0.6 is 0 Å². The predicted molar refractivity (Wildman–Crippen MR) is 55.1 cm³/mol. The molecular weight excluding hydrogens is 127 g/mol. The first-order valence-corrected chi connectivity index (χ1v) is 4.69.